The van der Waals surface area contributed by atoms with Gasteiger partial charge in [0.25, 0.3) is 5.91 Å². The lowest BCUT2D eigenvalue weighted by atomic mass is 10.1. The SMILES string of the molecule is COCc1cccc(C(=O)N(C)CC(C)C(=O)O)c1. The largest absolute Gasteiger partial charge is 0.481 e. The van der Waals surface area contributed by atoms with Crippen molar-refractivity contribution in [3.63, 3.8) is 0 Å². The van der Waals surface area contributed by atoms with E-state index in [0.717, 1.165) is 5.56 Å². The van der Waals surface area contributed by atoms with Crippen LogP contribution >= 0.6 is 0 Å². The van der Waals surface area contributed by atoms with E-state index in [0.29, 0.717) is 12.2 Å². The predicted molar refractivity (Wildman–Crippen MR) is 70.9 cm³/mol. The van der Waals surface area contributed by atoms with Crippen molar-refractivity contribution in [3.8, 4) is 0 Å². The maximum Gasteiger partial charge on any atom is 0.308 e. The molecule has 5 nitrogen and oxygen atoms in total. The fourth-order valence-corrected chi connectivity index (χ4v) is 1.75. The van der Waals surface area contributed by atoms with E-state index in [1.165, 1.54) is 4.90 Å². The van der Waals surface area contributed by atoms with Gasteiger partial charge in [-0.3, -0.25) is 9.59 Å². The van der Waals surface area contributed by atoms with Crippen molar-refractivity contribution in [3.05, 3.63) is 35.4 Å². The number of carboxylic acid groups (broad SMARTS) is 1. The van der Waals surface area contributed by atoms with Crippen LogP contribution in [0.25, 0.3) is 0 Å². The maximum absolute atomic E-state index is 12.2. The minimum atomic E-state index is -0.909. The number of amides is 1. The van der Waals surface area contributed by atoms with Gasteiger partial charge in [0.05, 0.1) is 12.5 Å². The molecule has 1 atom stereocenters. The number of ether oxygens (including phenoxy) is 1. The van der Waals surface area contributed by atoms with Gasteiger partial charge in [-0.05, 0) is 17.7 Å². The lowest BCUT2D eigenvalue weighted by molar-refractivity contribution is -0.141. The van der Waals surface area contributed by atoms with Gasteiger partial charge < -0.3 is 14.7 Å². The summed E-state index contributed by atoms with van der Waals surface area (Å²) in [6.07, 6.45) is 0. The van der Waals surface area contributed by atoms with Crippen LogP contribution in [0.1, 0.15) is 22.8 Å². The second-order valence-electron chi connectivity index (χ2n) is 4.56. The Labute approximate surface area is 112 Å². The van der Waals surface area contributed by atoms with Gasteiger partial charge in [0, 0.05) is 26.3 Å². The zero-order valence-corrected chi connectivity index (χ0v) is 11.4. The third kappa shape index (κ3) is 4.37. The summed E-state index contributed by atoms with van der Waals surface area (Å²) in [4.78, 5) is 24.4. The van der Waals surface area contributed by atoms with Gasteiger partial charge in [-0.2, -0.15) is 0 Å². The molecule has 1 amide bonds. The molecule has 1 aromatic carbocycles. The molecule has 1 N–H and O–H groups in total. The second kappa shape index (κ2) is 6.89. The number of hydrogen-bond acceptors (Lipinski definition) is 3. The molecule has 1 aromatic rings. The van der Waals surface area contributed by atoms with Gasteiger partial charge in [0.1, 0.15) is 0 Å². The fraction of sp³-hybridized carbons (Fsp3) is 0.429. The number of hydrogen-bond donors (Lipinski definition) is 1. The minimum Gasteiger partial charge on any atom is -0.481 e. The van der Waals surface area contributed by atoms with Gasteiger partial charge in [-0.25, -0.2) is 0 Å². The monoisotopic (exact) mass is 265 g/mol. The summed E-state index contributed by atoms with van der Waals surface area (Å²) in [5.41, 5.74) is 1.45. The topological polar surface area (TPSA) is 66.8 Å². The van der Waals surface area contributed by atoms with Crippen molar-refractivity contribution in [2.45, 2.75) is 13.5 Å². The van der Waals surface area contributed by atoms with E-state index >= 15 is 0 Å². The van der Waals surface area contributed by atoms with Crippen molar-refractivity contribution in [1.29, 1.82) is 0 Å². The van der Waals surface area contributed by atoms with Crippen LogP contribution in [0.5, 0.6) is 0 Å². The highest BCUT2D eigenvalue weighted by Crippen LogP contribution is 2.10. The number of aliphatic carboxylic acids is 1. The number of nitrogens with zero attached hydrogens (tertiary/aromatic N) is 1. The molecule has 0 radical (unpaired) electrons. The van der Waals surface area contributed by atoms with Crippen LogP contribution in [-0.2, 0) is 16.1 Å². The van der Waals surface area contributed by atoms with Crippen LogP contribution in [0.3, 0.4) is 0 Å². The zero-order valence-electron chi connectivity index (χ0n) is 11.4. The van der Waals surface area contributed by atoms with Gasteiger partial charge in [-0.1, -0.05) is 19.1 Å². The summed E-state index contributed by atoms with van der Waals surface area (Å²) in [5.74, 6) is -1.69. The molecule has 0 fully saturated rings. The summed E-state index contributed by atoms with van der Waals surface area (Å²) in [7, 11) is 3.19. The Hall–Kier alpha value is -1.88. The summed E-state index contributed by atoms with van der Waals surface area (Å²) in [6, 6.07) is 7.13. The molecule has 0 aliphatic carbocycles. The van der Waals surface area contributed by atoms with Crippen LogP contribution in [0, 0.1) is 5.92 Å². The quantitative estimate of drug-likeness (QED) is 0.849. The molecule has 0 spiro atoms. The van der Waals surface area contributed by atoms with Crippen molar-refractivity contribution in [1.82, 2.24) is 4.90 Å². The third-order valence-electron chi connectivity index (χ3n) is 2.80. The van der Waals surface area contributed by atoms with E-state index in [1.807, 2.05) is 6.07 Å². The van der Waals surface area contributed by atoms with E-state index in [1.54, 1.807) is 39.3 Å². The van der Waals surface area contributed by atoms with E-state index in [4.69, 9.17) is 9.84 Å². The van der Waals surface area contributed by atoms with Crippen LogP contribution < -0.4 is 0 Å². The van der Waals surface area contributed by atoms with Crippen LogP contribution in [0.4, 0.5) is 0 Å². The summed E-state index contributed by atoms with van der Waals surface area (Å²) in [6.45, 7) is 2.20. The molecule has 0 saturated heterocycles. The molecule has 1 rings (SSSR count). The molecular formula is C14H19NO4. The first-order chi connectivity index (χ1) is 8.95. The fourth-order valence-electron chi connectivity index (χ4n) is 1.75. The van der Waals surface area contributed by atoms with Gasteiger partial charge >= 0.3 is 5.97 Å². The highest BCUT2D eigenvalue weighted by Gasteiger charge is 2.18. The summed E-state index contributed by atoms with van der Waals surface area (Å²) in [5, 5.41) is 8.84. The van der Waals surface area contributed by atoms with Crippen molar-refractivity contribution >= 4 is 11.9 Å². The van der Waals surface area contributed by atoms with E-state index in [-0.39, 0.29) is 12.5 Å². The van der Waals surface area contributed by atoms with Crippen molar-refractivity contribution < 1.29 is 19.4 Å². The third-order valence-corrected chi connectivity index (χ3v) is 2.80. The average molecular weight is 265 g/mol. The van der Waals surface area contributed by atoms with Crippen LogP contribution in [0.15, 0.2) is 24.3 Å². The van der Waals surface area contributed by atoms with Crippen molar-refractivity contribution in [2.24, 2.45) is 5.92 Å². The Kier molecular flexibility index (Phi) is 5.51. The number of carboxylic acids is 1. The number of methoxy groups -OCH3 is 1. The summed E-state index contributed by atoms with van der Waals surface area (Å²) < 4.78 is 5.02. The Morgan fingerprint density at radius 3 is 2.68 bits per heavy atom. The number of benzene rings is 1. The van der Waals surface area contributed by atoms with E-state index in [9.17, 15) is 9.59 Å². The lowest BCUT2D eigenvalue weighted by Gasteiger charge is -2.19. The Morgan fingerprint density at radius 1 is 1.42 bits per heavy atom. The number of rotatable bonds is 6. The zero-order chi connectivity index (χ0) is 14.4. The first kappa shape index (κ1) is 15.2. The predicted octanol–water partition coefficient (Wildman–Crippen LogP) is 1.63. The first-order valence-electron chi connectivity index (χ1n) is 6.02. The van der Waals surface area contributed by atoms with Gasteiger partial charge in [-0.15, -0.1) is 0 Å². The summed E-state index contributed by atoms with van der Waals surface area (Å²) >= 11 is 0. The molecule has 0 aliphatic rings. The van der Waals surface area contributed by atoms with E-state index < -0.39 is 11.9 Å². The number of carbonyl (C=O) groups excluding carboxylic acids is 1. The Balaban J connectivity index is 2.76. The van der Waals surface area contributed by atoms with Crippen molar-refractivity contribution in [2.75, 3.05) is 20.7 Å². The Morgan fingerprint density at radius 2 is 2.11 bits per heavy atom. The standard InChI is InChI=1S/C14H19NO4/c1-10(14(17)18)8-15(2)13(16)12-6-4-5-11(7-12)9-19-3/h4-7,10H,8-9H2,1-3H3,(H,17,18). The van der Waals surface area contributed by atoms with Crippen LogP contribution in [0.2, 0.25) is 0 Å². The van der Waals surface area contributed by atoms with Gasteiger partial charge in [0.15, 0.2) is 0 Å². The lowest BCUT2D eigenvalue weighted by Crippen LogP contribution is -2.33. The molecule has 0 aromatic heterocycles. The highest BCUT2D eigenvalue weighted by atomic mass is 16.5. The molecule has 5 heteroatoms. The molecule has 0 aliphatic heterocycles. The highest BCUT2D eigenvalue weighted by molar-refractivity contribution is 5.94. The van der Waals surface area contributed by atoms with E-state index in [2.05, 4.69) is 0 Å². The molecule has 0 heterocycles. The first-order valence-corrected chi connectivity index (χ1v) is 6.02. The smallest absolute Gasteiger partial charge is 0.308 e. The molecule has 0 saturated carbocycles. The molecule has 1 unspecified atom stereocenters. The number of carbonyl (C=O) groups is 2. The minimum absolute atomic E-state index is 0.183. The molecule has 19 heavy (non-hydrogen) atoms. The molecule has 0 bridgehead atoms. The Bertz CT molecular complexity index is 459. The van der Waals surface area contributed by atoms with Gasteiger partial charge in [0.2, 0.25) is 0 Å². The molecule has 104 valence electrons. The average Bonchev–Trinajstić information content (AvgIpc) is 2.38. The van der Waals surface area contributed by atoms with Crippen LogP contribution in [-0.4, -0.2) is 42.6 Å². The normalized spacial score (nSPS) is 11.9. The maximum atomic E-state index is 12.2. The second-order valence-corrected chi connectivity index (χ2v) is 4.56. The molecular weight excluding hydrogens is 246 g/mol.